The number of nitrogens with zero attached hydrogens (tertiary/aromatic N) is 2. The molecule has 1 aliphatic heterocycles. The number of rotatable bonds is 6. The Hall–Kier alpha value is -2.88. The van der Waals surface area contributed by atoms with Gasteiger partial charge in [0, 0.05) is 6.04 Å². The van der Waals surface area contributed by atoms with Gasteiger partial charge in [-0.05, 0) is 38.0 Å². The summed E-state index contributed by atoms with van der Waals surface area (Å²) in [5.41, 5.74) is -0.392. The average molecular weight is 342 g/mol. The van der Waals surface area contributed by atoms with Crippen LogP contribution in [-0.4, -0.2) is 35.3 Å². The molecule has 7 nitrogen and oxygen atoms in total. The quantitative estimate of drug-likeness (QED) is 0.767. The third-order valence-electron chi connectivity index (χ3n) is 4.27. The van der Waals surface area contributed by atoms with Crippen molar-refractivity contribution in [1.82, 2.24) is 15.5 Å². The Bertz CT molecular complexity index is 740. The van der Waals surface area contributed by atoms with E-state index in [0.717, 1.165) is 17.7 Å². The lowest BCUT2D eigenvalue weighted by molar-refractivity contribution is -0.135. The number of nitriles is 1. The summed E-state index contributed by atoms with van der Waals surface area (Å²) in [6.45, 7) is 5.14. The van der Waals surface area contributed by atoms with Crippen LogP contribution in [0.25, 0.3) is 0 Å². The van der Waals surface area contributed by atoms with Crippen LogP contribution in [0, 0.1) is 11.3 Å². The number of benzene rings is 1. The Labute approximate surface area is 147 Å². The van der Waals surface area contributed by atoms with Crippen molar-refractivity contribution in [3.8, 4) is 6.07 Å². The molecule has 7 heteroatoms. The Kier molecular flexibility index (Phi) is 5.42. The molecule has 1 fully saturated rings. The SMILES string of the molecule is CCC[C@@H](C)NC(=O)CN1C(=O)N[C@](C)(c2cccc(C#N)c2)C1=O. The summed E-state index contributed by atoms with van der Waals surface area (Å²) in [6, 6.07) is 7.88. The second-order valence-corrected chi connectivity index (χ2v) is 6.40. The Morgan fingerprint density at radius 3 is 2.80 bits per heavy atom. The van der Waals surface area contributed by atoms with Gasteiger partial charge in [-0.15, -0.1) is 0 Å². The van der Waals surface area contributed by atoms with Crippen LogP contribution in [0.5, 0.6) is 0 Å². The molecule has 2 atom stereocenters. The monoisotopic (exact) mass is 342 g/mol. The van der Waals surface area contributed by atoms with Crippen molar-refractivity contribution in [2.75, 3.05) is 6.54 Å². The molecule has 1 saturated heterocycles. The third-order valence-corrected chi connectivity index (χ3v) is 4.27. The molecule has 1 aliphatic rings. The number of carbonyl (C=O) groups excluding carboxylic acids is 3. The number of nitrogens with one attached hydrogen (secondary N) is 2. The Balaban J connectivity index is 2.16. The molecule has 0 aromatic heterocycles. The van der Waals surface area contributed by atoms with Crippen molar-refractivity contribution in [1.29, 1.82) is 5.26 Å². The van der Waals surface area contributed by atoms with E-state index in [1.165, 1.54) is 0 Å². The van der Waals surface area contributed by atoms with Gasteiger partial charge in [-0.3, -0.25) is 14.5 Å². The summed E-state index contributed by atoms with van der Waals surface area (Å²) in [7, 11) is 0. The highest BCUT2D eigenvalue weighted by Crippen LogP contribution is 2.29. The molecule has 0 aliphatic carbocycles. The minimum atomic E-state index is -1.29. The molecular formula is C18H22N4O3. The predicted molar refractivity (Wildman–Crippen MR) is 91.3 cm³/mol. The van der Waals surface area contributed by atoms with Crippen LogP contribution in [-0.2, 0) is 15.1 Å². The summed E-state index contributed by atoms with van der Waals surface area (Å²) in [5.74, 6) is -0.884. The van der Waals surface area contributed by atoms with Gasteiger partial charge in [0.15, 0.2) is 0 Å². The fourth-order valence-corrected chi connectivity index (χ4v) is 2.91. The summed E-state index contributed by atoms with van der Waals surface area (Å²) in [6.07, 6.45) is 1.75. The first-order chi connectivity index (χ1) is 11.8. The van der Waals surface area contributed by atoms with Gasteiger partial charge in [-0.2, -0.15) is 5.26 Å². The fraction of sp³-hybridized carbons (Fsp3) is 0.444. The first kappa shape index (κ1) is 18.5. The van der Waals surface area contributed by atoms with Crippen LogP contribution in [0.3, 0.4) is 0 Å². The zero-order valence-electron chi connectivity index (χ0n) is 14.6. The van der Waals surface area contributed by atoms with Gasteiger partial charge in [0.25, 0.3) is 5.91 Å². The van der Waals surface area contributed by atoms with E-state index in [2.05, 4.69) is 10.6 Å². The van der Waals surface area contributed by atoms with Crippen LogP contribution in [0.4, 0.5) is 4.79 Å². The molecule has 0 bridgehead atoms. The molecule has 1 aromatic carbocycles. The van der Waals surface area contributed by atoms with Crippen LogP contribution in [0.1, 0.15) is 44.7 Å². The largest absolute Gasteiger partial charge is 0.352 e. The molecule has 0 radical (unpaired) electrons. The second kappa shape index (κ2) is 7.34. The lowest BCUT2D eigenvalue weighted by Crippen LogP contribution is -2.45. The summed E-state index contributed by atoms with van der Waals surface area (Å²) in [5, 5.41) is 14.4. The third kappa shape index (κ3) is 3.79. The van der Waals surface area contributed by atoms with Gasteiger partial charge < -0.3 is 10.6 Å². The zero-order valence-corrected chi connectivity index (χ0v) is 14.6. The van der Waals surface area contributed by atoms with Crippen molar-refractivity contribution < 1.29 is 14.4 Å². The van der Waals surface area contributed by atoms with E-state index in [0.29, 0.717) is 11.1 Å². The minimum Gasteiger partial charge on any atom is -0.352 e. The first-order valence-corrected chi connectivity index (χ1v) is 8.26. The average Bonchev–Trinajstić information content (AvgIpc) is 2.79. The van der Waals surface area contributed by atoms with E-state index in [1.807, 2.05) is 19.9 Å². The lowest BCUT2D eigenvalue weighted by Gasteiger charge is -2.22. The standard InChI is InChI=1S/C18H22N4O3/c1-4-6-12(2)20-15(23)11-22-16(24)18(3,21-17(22)25)14-8-5-7-13(9-14)10-19/h5,7-9,12H,4,6,11H2,1-3H3,(H,20,23)(H,21,25)/t12-,18-/m1/s1. The first-order valence-electron chi connectivity index (χ1n) is 8.26. The normalized spacial score (nSPS) is 20.8. The Morgan fingerprint density at radius 1 is 1.44 bits per heavy atom. The van der Waals surface area contributed by atoms with Crippen molar-refractivity contribution in [2.24, 2.45) is 0 Å². The van der Waals surface area contributed by atoms with E-state index in [4.69, 9.17) is 5.26 Å². The molecule has 1 aromatic rings. The lowest BCUT2D eigenvalue weighted by atomic mass is 9.91. The van der Waals surface area contributed by atoms with Crippen LogP contribution in [0.15, 0.2) is 24.3 Å². The molecule has 1 heterocycles. The van der Waals surface area contributed by atoms with E-state index >= 15 is 0 Å². The molecule has 0 saturated carbocycles. The number of hydrogen-bond donors (Lipinski definition) is 2. The van der Waals surface area contributed by atoms with Crippen molar-refractivity contribution in [3.05, 3.63) is 35.4 Å². The highest BCUT2D eigenvalue weighted by molar-refractivity contribution is 6.09. The maximum Gasteiger partial charge on any atom is 0.325 e. The molecule has 2 N–H and O–H groups in total. The molecule has 25 heavy (non-hydrogen) atoms. The Morgan fingerprint density at radius 2 is 2.16 bits per heavy atom. The van der Waals surface area contributed by atoms with Gasteiger partial charge in [-0.25, -0.2) is 4.79 Å². The second-order valence-electron chi connectivity index (χ2n) is 6.40. The number of hydrogen-bond acceptors (Lipinski definition) is 4. The van der Waals surface area contributed by atoms with Crippen LogP contribution >= 0.6 is 0 Å². The highest BCUT2D eigenvalue weighted by Gasteiger charge is 2.49. The predicted octanol–water partition coefficient (Wildman–Crippen LogP) is 1.63. The molecular weight excluding hydrogens is 320 g/mol. The number of imide groups is 1. The minimum absolute atomic E-state index is 0.0167. The summed E-state index contributed by atoms with van der Waals surface area (Å²) in [4.78, 5) is 38.0. The van der Waals surface area contributed by atoms with E-state index in [9.17, 15) is 14.4 Å². The molecule has 0 spiro atoms. The van der Waals surface area contributed by atoms with E-state index in [1.54, 1.807) is 31.2 Å². The topological polar surface area (TPSA) is 102 Å². The number of carbonyl (C=O) groups is 3. The number of amides is 4. The highest BCUT2D eigenvalue weighted by atomic mass is 16.2. The maximum atomic E-state index is 12.8. The van der Waals surface area contributed by atoms with Crippen LogP contribution < -0.4 is 10.6 Å². The molecule has 2 rings (SSSR count). The van der Waals surface area contributed by atoms with E-state index < -0.39 is 17.5 Å². The molecule has 0 unspecified atom stereocenters. The smallest absolute Gasteiger partial charge is 0.325 e. The van der Waals surface area contributed by atoms with Crippen molar-refractivity contribution in [3.63, 3.8) is 0 Å². The van der Waals surface area contributed by atoms with Gasteiger partial charge in [0.2, 0.25) is 5.91 Å². The molecule has 132 valence electrons. The van der Waals surface area contributed by atoms with Crippen molar-refractivity contribution in [2.45, 2.75) is 45.2 Å². The maximum absolute atomic E-state index is 12.8. The number of urea groups is 1. The summed E-state index contributed by atoms with van der Waals surface area (Å²) >= 11 is 0. The van der Waals surface area contributed by atoms with Gasteiger partial charge in [0.1, 0.15) is 12.1 Å². The van der Waals surface area contributed by atoms with Gasteiger partial charge in [0.05, 0.1) is 11.6 Å². The van der Waals surface area contributed by atoms with Crippen LogP contribution in [0.2, 0.25) is 0 Å². The summed E-state index contributed by atoms with van der Waals surface area (Å²) < 4.78 is 0. The zero-order chi connectivity index (χ0) is 18.6. The fourth-order valence-electron chi connectivity index (χ4n) is 2.91. The van der Waals surface area contributed by atoms with Gasteiger partial charge >= 0.3 is 6.03 Å². The van der Waals surface area contributed by atoms with Gasteiger partial charge in [-0.1, -0.05) is 25.5 Å². The van der Waals surface area contributed by atoms with Crippen molar-refractivity contribution >= 4 is 17.8 Å². The van der Waals surface area contributed by atoms with E-state index in [-0.39, 0.29) is 18.5 Å². The molecule has 4 amide bonds.